The Morgan fingerprint density at radius 3 is 1.63 bits per heavy atom. The molecule has 0 radical (unpaired) electrons. The number of fused-ring (bicyclic) bond motifs is 6. The predicted octanol–water partition coefficient (Wildman–Crippen LogP) is 14.8. The lowest BCUT2D eigenvalue weighted by Crippen LogP contribution is -2.28. The molecule has 10 aromatic rings. The minimum Gasteiger partial charge on any atom is -0.456 e. The average molecular weight is 728 g/mol. The first-order chi connectivity index (χ1) is 28.3. The zero-order valence-electron chi connectivity index (χ0n) is 31.2. The lowest BCUT2D eigenvalue weighted by Gasteiger charge is -2.35. The average Bonchev–Trinajstić information content (AvgIpc) is 3.82. The summed E-state index contributed by atoms with van der Waals surface area (Å²) >= 11 is 0. The monoisotopic (exact) mass is 727 g/mol. The van der Waals surface area contributed by atoms with Crippen LogP contribution in [0, 0.1) is 0 Å². The molecule has 2 heteroatoms. The Bertz CT molecular complexity index is 3030. The molecular weight excluding hydrogens is 691 g/mol. The van der Waals surface area contributed by atoms with Crippen LogP contribution >= 0.6 is 0 Å². The van der Waals surface area contributed by atoms with E-state index in [1.807, 2.05) is 0 Å². The van der Waals surface area contributed by atoms with Crippen molar-refractivity contribution in [3.05, 3.63) is 247 Å². The van der Waals surface area contributed by atoms with Crippen LogP contribution in [0.2, 0.25) is 0 Å². The van der Waals surface area contributed by atoms with E-state index >= 15 is 0 Å². The molecule has 11 rings (SSSR count). The Morgan fingerprint density at radius 1 is 0.351 bits per heavy atom. The number of furan rings is 1. The zero-order valence-corrected chi connectivity index (χ0v) is 31.2. The Hall–Kier alpha value is -7.42. The van der Waals surface area contributed by atoms with Crippen molar-refractivity contribution < 1.29 is 4.42 Å². The van der Waals surface area contributed by atoms with Crippen molar-refractivity contribution in [3.63, 3.8) is 0 Å². The maximum absolute atomic E-state index is 6.65. The quantitative estimate of drug-likeness (QED) is 0.163. The van der Waals surface area contributed by atoms with Crippen LogP contribution in [0.4, 0.5) is 17.1 Å². The molecule has 0 saturated heterocycles. The molecule has 0 aliphatic heterocycles. The summed E-state index contributed by atoms with van der Waals surface area (Å²) in [5, 5.41) is 2.16. The Balaban J connectivity index is 1.21. The highest BCUT2D eigenvalue weighted by Gasteiger charge is 2.46. The van der Waals surface area contributed by atoms with Gasteiger partial charge >= 0.3 is 0 Å². The smallest absolute Gasteiger partial charge is 0.137 e. The van der Waals surface area contributed by atoms with E-state index in [0.717, 1.165) is 55.7 Å². The topological polar surface area (TPSA) is 16.4 Å². The van der Waals surface area contributed by atoms with Gasteiger partial charge in [-0.15, -0.1) is 0 Å². The van der Waals surface area contributed by atoms with Crippen LogP contribution in [0.1, 0.15) is 22.3 Å². The third-order valence-electron chi connectivity index (χ3n) is 11.7. The molecule has 0 unspecified atom stereocenters. The zero-order chi connectivity index (χ0) is 37.8. The number of nitrogens with zero attached hydrogens (tertiary/aromatic N) is 1. The van der Waals surface area contributed by atoms with Crippen LogP contribution in [0.15, 0.2) is 229 Å². The molecule has 0 saturated carbocycles. The van der Waals surface area contributed by atoms with E-state index in [2.05, 4.69) is 229 Å². The van der Waals surface area contributed by atoms with Gasteiger partial charge in [-0.05, 0) is 92.5 Å². The fourth-order valence-electron chi connectivity index (χ4n) is 9.33. The van der Waals surface area contributed by atoms with Crippen molar-refractivity contribution in [2.45, 2.75) is 5.41 Å². The highest BCUT2D eigenvalue weighted by molar-refractivity contribution is 6.14. The first kappa shape index (κ1) is 33.0. The standard InChI is InChI=1S/C55H37NO/c1-4-18-38(19-5-1)40-34-35-52-47(36-40)54-51(32-17-33-53(54)57-52)56(50-31-15-12-26-44(50)39-20-6-2-7-21-39)43-25-16-24-42(37-43)55(41-22-8-3-9-23-41)48-29-13-10-27-45(48)46-28-11-14-30-49(46)55/h1-37H. The van der Waals surface area contributed by atoms with Gasteiger partial charge in [0.2, 0.25) is 0 Å². The van der Waals surface area contributed by atoms with Gasteiger partial charge in [0, 0.05) is 16.6 Å². The number of anilines is 3. The normalized spacial score (nSPS) is 12.7. The van der Waals surface area contributed by atoms with E-state index in [4.69, 9.17) is 4.42 Å². The largest absolute Gasteiger partial charge is 0.456 e. The number of hydrogen-bond acceptors (Lipinski definition) is 2. The molecule has 0 N–H and O–H groups in total. The molecule has 9 aromatic carbocycles. The molecule has 0 bridgehead atoms. The maximum atomic E-state index is 6.65. The highest BCUT2D eigenvalue weighted by Crippen LogP contribution is 2.57. The minimum atomic E-state index is -0.534. The summed E-state index contributed by atoms with van der Waals surface area (Å²) in [7, 11) is 0. The summed E-state index contributed by atoms with van der Waals surface area (Å²) in [6.07, 6.45) is 0. The predicted molar refractivity (Wildman–Crippen MR) is 237 cm³/mol. The van der Waals surface area contributed by atoms with E-state index in [1.54, 1.807) is 0 Å². The molecule has 1 aliphatic carbocycles. The van der Waals surface area contributed by atoms with Gasteiger partial charge < -0.3 is 9.32 Å². The van der Waals surface area contributed by atoms with Crippen LogP contribution in [0.25, 0.3) is 55.3 Å². The fourth-order valence-corrected chi connectivity index (χ4v) is 9.33. The number of rotatable bonds is 7. The lowest BCUT2D eigenvalue weighted by atomic mass is 9.67. The molecule has 0 fully saturated rings. The van der Waals surface area contributed by atoms with Crippen LogP contribution in [-0.2, 0) is 5.41 Å². The van der Waals surface area contributed by atoms with Crippen molar-refractivity contribution in [2.75, 3.05) is 4.90 Å². The Kier molecular flexibility index (Phi) is 7.75. The van der Waals surface area contributed by atoms with E-state index in [1.165, 1.54) is 38.9 Å². The summed E-state index contributed by atoms with van der Waals surface area (Å²) in [5.74, 6) is 0. The summed E-state index contributed by atoms with van der Waals surface area (Å²) in [6.45, 7) is 0. The number of hydrogen-bond donors (Lipinski definition) is 0. The lowest BCUT2D eigenvalue weighted by molar-refractivity contribution is 0.669. The number of benzene rings is 9. The van der Waals surface area contributed by atoms with Crippen LogP contribution in [-0.4, -0.2) is 0 Å². The van der Waals surface area contributed by atoms with Crippen molar-refractivity contribution in [2.24, 2.45) is 0 Å². The van der Waals surface area contributed by atoms with Crippen molar-refractivity contribution in [3.8, 4) is 33.4 Å². The Morgan fingerprint density at radius 2 is 0.912 bits per heavy atom. The molecule has 0 amide bonds. The first-order valence-electron chi connectivity index (χ1n) is 19.6. The molecule has 0 spiro atoms. The van der Waals surface area contributed by atoms with Crippen LogP contribution < -0.4 is 4.90 Å². The highest BCUT2D eigenvalue weighted by atomic mass is 16.3. The second kappa shape index (κ2) is 13.4. The molecule has 2 nitrogen and oxygen atoms in total. The summed E-state index contributed by atoms with van der Waals surface area (Å²) in [4.78, 5) is 2.45. The molecule has 1 aromatic heterocycles. The summed E-state index contributed by atoms with van der Waals surface area (Å²) in [5.41, 5.74) is 16.6. The van der Waals surface area contributed by atoms with Crippen molar-refractivity contribution in [1.29, 1.82) is 0 Å². The van der Waals surface area contributed by atoms with E-state index in [9.17, 15) is 0 Å². The molecule has 1 heterocycles. The summed E-state index contributed by atoms with van der Waals surface area (Å²) < 4.78 is 6.65. The van der Waals surface area contributed by atoms with Gasteiger partial charge in [0.15, 0.2) is 0 Å². The van der Waals surface area contributed by atoms with Crippen LogP contribution in [0.3, 0.4) is 0 Å². The molecule has 57 heavy (non-hydrogen) atoms. The molecule has 268 valence electrons. The summed E-state index contributed by atoms with van der Waals surface area (Å²) in [6, 6.07) is 81.2. The van der Waals surface area contributed by atoms with Crippen molar-refractivity contribution >= 4 is 39.0 Å². The van der Waals surface area contributed by atoms with Crippen molar-refractivity contribution in [1.82, 2.24) is 0 Å². The molecule has 0 atom stereocenters. The van der Waals surface area contributed by atoms with Gasteiger partial charge in [0.25, 0.3) is 0 Å². The van der Waals surface area contributed by atoms with Gasteiger partial charge in [-0.2, -0.15) is 0 Å². The fraction of sp³-hybridized carbons (Fsp3) is 0.0182. The van der Waals surface area contributed by atoms with Gasteiger partial charge in [-0.3, -0.25) is 0 Å². The van der Waals surface area contributed by atoms with E-state index < -0.39 is 5.41 Å². The molecule has 1 aliphatic rings. The van der Waals surface area contributed by atoms with Gasteiger partial charge in [0.1, 0.15) is 11.2 Å². The third-order valence-corrected chi connectivity index (χ3v) is 11.7. The SMILES string of the molecule is c1ccc(-c2ccc3oc4cccc(N(c5cccc(C6(c7ccccc7)c7ccccc7-c7ccccc76)c5)c5ccccc5-c5ccccc5)c4c3c2)cc1. The second-order valence-corrected chi connectivity index (χ2v) is 14.8. The van der Waals surface area contributed by atoms with E-state index in [0.29, 0.717) is 0 Å². The third kappa shape index (κ3) is 5.18. The number of para-hydroxylation sites is 1. The van der Waals surface area contributed by atoms with Gasteiger partial charge in [0.05, 0.1) is 22.2 Å². The molecular formula is C55H37NO. The van der Waals surface area contributed by atoms with Gasteiger partial charge in [-0.1, -0.05) is 182 Å². The van der Waals surface area contributed by atoms with Crippen LogP contribution in [0.5, 0.6) is 0 Å². The second-order valence-electron chi connectivity index (χ2n) is 14.8. The maximum Gasteiger partial charge on any atom is 0.137 e. The van der Waals surface area contributed by atoms with E-state index in [-0.39, 0.29) is 0 Å². The first-order valence-corrected chi connectivity index (χ1v) is 19.6. The Labute approximate surface area is 332 Å². The minimum absolute atomic E-state index is 0.534. The van der Waals surface area contributed by atoms with Gasteiger partial charge in [-0.25, -0.2) is 0 Å².